The lowest BCUT2D eigenvalue weighted by atomic mass is 10.2. The Kier molecular flexibility index (Phi) is 2.03. The highest BCUT2D eigenvalue weighted by molar-refractivity contribution is 7.91. The number of amides is 1. The summed E-state index contributed by atoms with van der Waals surface area (Å²) in [5.74, 6) is -0.959. The van der Waals surface area contributed by atoms with Crippen LogP contribution in [0, 0.1) is 0 Å². The highest BCUT2D eigenvalue weighted by Crippen LogP contribution is 2.21. The average Bonchev–Trinajstić information content (AvgIpc) is 2.16. The fourth-order valence-corrected chi connectivity index (χ4v) is 2.74. The lowest BCUT2D eigenvalue weighted by Gasteiger charge is -2.03. The topological polar surface area (TPSA) is 63.2 Å². The van der Waals surface area contributed by atoms with E-state index in [2.05, 4.69) is 5.32 Å². The second-order valence-electron chi connectivity index (χ2n) is 3.24. The molecule has 0 saturated carbocycles. The van der Waals surface area contributed by atoms with Crippen LogP contribution in [0.3, 0.4) is 0 Å². The van der Waals surface area contributed by atoms with E-state index in [0.717, 1.165) is 0 Å². The zero-order valence-corrected chi connectivity index (χ0v) is 8.17. The zero-order chi connectivity index (χ0) is 10.2. The number of nitrogens with one attached hydrogen (secondary N) is 1. The van der Waals surface area contributed by atoms with E-state index in [1.54, 1.807) is 24.3 Å². The van der Waals surface area contributed by atoms with E-state index in [0.29, 0.717) is 11.3 Å². The van der Waals surface area contributed by atoms with Gasteiger partial charge < -0.3 is 5.32 Å². The van der Waals surface area contributed by atoms with Crippen LogP contribution in [0.15, 0.2) is 24.3 Å². The van der Waals surface area contributed by atoms with E-state index in [4.69, 9.17) is 0 Å². The third kappa shape index (κ3) is 1.77. The van der Waals surface area contributed by atoms with Gasteiger partial charge in [0.2, 0.25) is 5.91 Å². The molecule has 4 nitrogen and oxygen atoms in total. The summed E-state index contributed by atoms with van der Waals surface area (Å²) in [5, 5.41) is 2.56. The second-order valence-corrected chi connectivity index (χ2v) is 5.30. The minimum atomic E-state index is -3.29. The summed E-state index contributed by atoms with van der Waals surface area (Å²) in [6.07, 6.45) is 0. The van der Waals surface area contributed by atoms with Crippen molar-refractivity contribution in [1.82, 2.24) is 0 Å². The number of sulfone groups is 1. The van der Waals surface area contributed by atoms with Crippen molar-refractivity contribution in [2.24, 2.45) is 0 Å². The summed E-state index contributed by atoms with van der Waals surface area (Å²) >= 11 is 0. The van der Waals surface area contributed by atoms with Gasteiger partial charge in [0.1, 0.15) is 5.75 Å². The number of hydrogen-bond donors (Lipinski definition) is 1. The number of hydrogen-bond acceptors (Lipinski definition) is 3. The monoisotopic (exact) mass is 211 g/mol. The van der Waals surface area contributed by atoms with Crippen LogP contribution in [-0.2, 0) is 20.4 Å². The summed E-state index contributed by atoms with van der Waals surface area (Å²) in [7, 11) is -3.29. The van der Waals surface area contributed by atoms with Crippen LogP contribution in [-0.4, -0.2) is 20.1 Å². The minimum absolute atomic E-state index is 0.0675. The summed E-state index contributed by atoms with van der Waals surface area (Å²) in [6, 6.07) is 6.93. The second kappa shape index (κ2) is 3.09. The van der Waals surface area contributed by atoms with Crippen molar-refractivity contribution in [3.8, 4) is 0 Å². The maximum Gasteiger partial charge on any atom is 0.239 e. The Labute approximate surface area is 81.9 Å². The van der Waals surface area contributed by atoms with E-state index in [1.165, 1.54) is 0 Å². The van der Waals surface area contributed by atoms with Crippen molar-refractivity contribution in [2.75, 3.05) is 11.1 Å². The van der Waals surface area contributed by atoms with E-state index in [9.17, 15) is 13.2 Å². The number of fused-ring (bicyclic) bond motifs is 1. The van der Waals surface area contributed by atoms with Crippen LogP contribution in [0.1, 0.15) is 5.56 Å². The molecule has 0 spiro atoms. The summed E-state index contributed by atoms with van der Waals surface area (Å²) in [6.45, 7) is 0. The van der Waals surface area contributed by atoms with Crippen LogP contribution in [0.25, 0.3) is 0 Å². The summed E-state index contributed by atoms with van der Waals surface area (Å²) < 4.78 is 22.8. The molecule has 2 rings (SSSR count). The van der Waals surface area contributed by atoms with E-state index in [1.807, 2.05) is 0 Å². The molecule has 0 atom stereocenters. The third-order valence-electron chi connectivity index (χ3n) is 2.02. The largest absolute Gasteiger partial charge is 0.325 e. The van der Waals surface area contributed by atoms with E-state index >= 15 is 0 Å². The van der Waals surface area contributed by atoms with Gasteiger partial charge in [-0.25, -0.2) is 8.42 Å². The molecule has 1 heterocycles. The molecule has 1 N–H and O–H groups in total. The standard InChI is InChI=1S/C9H9NO3S/c11-9-6-14(12,13)5-7-3-1-2-4-8(7)10-9/h1-4H,5-6H2,(H,10,11). The number of para-hydroxylation sites is 1. The van der Waals surface area contributed by atoms with Gasteiger partial charge in [-0.3, -0.25) is 4.79 Å². The minimum Gasteiger partial charge on any atom is -0.325 e. The van der Waals surface area contributed by atoms with Gasteiger partial charge in [0.25, 0.3) is 0 Å². The molecule has 74 valence electrons. The Hall–Kier alpha value is -1.36. The maximum atomic E-state index is 11.4. The summed E-state index contributed by atoms with van der Waals surface area (Å²) in [5.41, 5.74) is 1.25. The quantitative estimate of drug-likeness (QED) is 0.681. The van der Waals surface area contributed by atoms with Crippen LogP contribution >= 0.6 is 0 Å². The fraction of sp³-hybridized carbons (Fsp3) is 0.222. The molecule has 0 unspecified atom stereocenters. The molecule has 1 aliphatic heterocycles. The molecule has 1 aromatic rings. The molecule has 1 aromatic carbocycles. The van der Waals surface area contributed by atoms with Gasteiger partial charge >= 0.3 is 0 Å². The first-order chi connectivity index (χ1) is 6.57. The van der Waals surface area contributed by atoms with Crippen molar-refractivity contribution < 1.29 is 13.2 Å². The van der Waals surface area contributed by atoms with E-state index < -0.39 is 21.5 Å². The molecule has 1 amide bonds. The Bertz CT molecular complexity index is 479. The van der Waals surface area contributed by atoms with Gasteiger partial charge in [0.15, 0.2) is 9.84 Å². The first-order valence-electron chi connectivity index (χ1n) is 4.15. The van der Waals surface area contributed by atoms with Crippen molar-refractivity contribution >= 4 is 21.4 Å². The van der Waals surface area contributed by atoms with Crippen LogP contribution in [0.4, 0.5) is 5.69 Å². The van der Waals surface area contributed by atoms with Crippen molar-refractivity contribution in [1.29, 1.82) is 0 Å². The van der Waals surface area contributed by atoms with Gasteiger partial charge in [-0.05, 0) is 11.6 Å². The Balaban J connectivity index is 2.53. The maximum absolute atomic E-state index is 11.4. The van der Waals surface area contributed by atoms with Crippen molar-refractivity contribution in [2.45, 2.75) is 5.75 Å². The van der Waals surface area contributed by atoms with Gasteiger partial charge in [-0.1, -0.05) is 18.2 Å². The first-order valence-corrected chi connectivity index (χ1v) is 5.97. The van der Waals surface area contributed by atoms with Crippen LogP contribution in [0.5, 0.6) is 0 Å². The number of rotatable bonds is 0. The SMILES string of the molecule is O=C1CS(=O)(=O)Cc2ccccc2N1. The number of carbonyl (C=O) groups excluding carboxylic acids is 1. The molecule has 5 heteroatoms. The molecule has 0 radical (unpaired) electrons. The molecule has 0 fully saturated rings. The van der Waals surface area contributed by atoms with Crippen molar-refractivity contribution in [3.63, 3.8) is 0 Å². The predicted octanol–water partition coefficient (Wildman–Crippen LogP) is 0.554. The highest BCUT2D eigenvalue weighted by Gasteiger charge is 2.23. The fourth-order valence-electron chi connectivity index (χ4n) is 1.44. The third-order valence-corrected chi connectivity index (χ3v) is 3.47. The molecule has 0 aliphatic carbocycles. The Morgan fingerprint density at radius 3 is 2.64 bits per heavy atom. The van der Waals surface area contributed by atoms with Crippen LogP contribution in [0.2, 0.25) is 0 Å². The first kappa shape index (κ1) is 9.21. The Morgan fingerprint density at radius 1 is 1.14 bits per heavy atom. The van der Waals surface area contributed by atoms with Gasteiger partial charge in [-0.2, -0.15) is 0 Å². The molecule has 0 bridgehead atoms. The normalized spacial score (nSPS) is 19.3. The molecule has 14 heavy (non-hydrogen) atoms. The van der Waals surface area contributed by atoms with Crippen molar-refractivity contribution in [3.05, 3.63) is 29.8 Å². The summed E-state index contributed by atoms with van der Waals surface area (Å²) in [4.78, 5) is 11.2. The van der Waals surface area contributed by atoms with Gasteiger partial charge in [0.05, 0.1) is 5.75 Å². The highest BCUT2D eigenvalue weighted by atomic mass is 32.2. The number of benzene rings is 1. The lowest BCUT2D eigenvalue weighted by Crippen LogP contribution is -2.19. The Morgan fingerprint density at radius 2 is 1.86 bits per heavy atom. The molecule has 1 aliphatic rings. The predicted molar refractivity (Wildman–Crippen MR) is 52.6 cm³/mol. The smallest absolute Gasteiger partial charge is 0.239 e. The zero-order valence-electron chi connectivity index (χ0n) is 7.36. The van der Waals surface area contributed by atoms with E-state index in [-0.39, 0.29) is 5.75 Å². The average molecular weight is 211 g/mol. The molecular formula is C9H9NO3S. The molecular weight excluding hydrogens is 202 g/mol. The number of anilines is 1. The van der Waals surface area contributed by atoms with Gasteiger partial charge in [-0.15, -0.1) is 0 Å². The van der Waals surface area contributed by atoms with Gasteiger partial charge in [0, 0.05) is 5.69 Å². The molecule has 0 aromatic heterocycles. The molecule has 0 saturated heterocycles. The lowest BCUT2D eigenvalue weighted by molar-refractivity contribution is -0.113. The van der Waals surface area contributed by atoms with Crippen LogP contribution < -0.4 is 5.32 Å². The number of carbonyl (C=O) groups is 1.